The highest BCUT2D eigenvalue weighted by Gasteiger charge is 2.38. The average Bonchev–Trinajstić information content (AvgIpc) is 3.38. The number of amides is 2. The molecular formula is C18H22N2O4. The van der Waals surface area contributed by atoms with E-state index in [9.17, 15) is 19.5 Å². The van der Waals surface area contributed by atoms with Crippen LogP contribution in [0.3, 0.4) is 0 Å². The van der Waals surface area contributed by atoms with Crippen molar-refractivity contribution in [3.63, 3.8) is 0 Å². The fraction of sp³-hybridized carbons (Fsp3) is 0.500. The Morgan fingerprint density at radius 2 is 2.00 bits per heavy atom. The molecule has 1 aliphatic heterocycles. The van der Waals surface area contributed by atoms with E-state index >= 15 is 0 Å². The number of aryl methyl sites for hydroxylation is 1. The van der Waals surface area contributed by atoms with Gasteiger partial charge in [0, 0.05) is 31.1 Å². The van der Waals surface area contributed by atoms with Gasteiger partial charge < -0.3 is 14.9 Å². The number of hydrogen-bond donors (Lipinski definition) is 1. The number of aliphatic carboxylic acids is 1. The number of fused-ring (bicyclic) bond motifs is 1. The molecule has 2 aliphatic rings. The zero-order valence-corrected chi connectivity index (χ0v) is 13.8. The van der Waals surface area contributed by atoms with E-state index in [2.05, 4.69) is 0 Å². The summed E-state index contributed by atoms with van der Waals surface area (Å²) in [5.41, 5.74) is 1.98. The molecule has 0 radical (unpaired) electrons. The summed E-state index contributed by atoms with van der Waals surface area (Å²) in [5, 5.41) is 9.21. The number of carbonyl (C=O) groups is 3. The van der Waals surface area contributed by atoms with Crippen LogP contribution >= 0.6 is 0 Å². The Labute approximate surface area is 141 Å². The Morgan fingerprint density at radius 1 is 1.29 bits per heavy atom. The number of nitrogens with zero attached hydrogens (tertiary/aromatic N) is 2. The number of carbonyl (C=O) groups excluding carboxylic acids is 2. The summed E-state index contributed by atoms with van der Waals surface area (Å²) in [6.07, 6.45) is 3.03. The van der Waals surface area contributed by atoms with E-state index in [4.69, 9.17) is 0 Å². The first-order valence-corrected chi connectivity index (χ1v) is 8.41. The van der Waals surface area contributed by atoms with Crippen LogP contribution in [0.1, 0.15) is 38.2 Å². The van der Waals surface area contributed by atoms with Gasteiger partial charge >= 0.3 is 5.97 Å². The molecule has 1 N–H and O–H groups in total. The molecule has 2 amide bonds. The molecular weight excluding hydrogens is 308 g/mol. The molecule has 0 bridgehead atoms. The number of carboxylic acid groups (broad SMARTS) is 1. The van der Waals surface area contributed by atoms with Crippen LogP contribution in [-0.2, 0) is 20.8 Å². The summed E-state index contributed by atoms with van der Waals surface area (Å²) in [6.45, 7) is 1.84. The first-order valence-electron chi connectivity index (χ1n) is 8.41. The van der Waals surface area contributed by atoms with Crippen LogP contribution < -0.4 is 4.90 Å². The number of para-hydroxylation sites is 1. The average molecular weight is 330 g/mol. The SMILES string of the molecule is CC(C(=O)O)N(C(=O)CCN1C(=O)CCc2ccccc21)C1CC1. The van der Waals surface area contributed by atoms with Crippen molar-refractivity contribution in [1.82, 2.24) is 4.90 Å². The Kier molecular flexibility index (Phi) is 4.55. The van der Waals surface area contributed by atoms with Gasteiger partial charge in [-0.05, 0) is 37.8 Å². The lowest BCUT2D eigenvalue weighted by molar-refractivity contribution is -0.150. The molecule has 3 rings (SSSR count). The van der Waals surface area contributed by atoms with Crippen LogP contribution in [0.2, 0.25) is 0 Å². The highest BCUT2D eigenvalue weighted by atomic mass is 16.4. The number of benzene rings is 1. The van der Waals surface area contributed by atoms with Crippen LogP contribution in [0.25, 0.3) is 0 Å². The summed E-state index contributed by atoms with van der Waals surface area (Å²) >= 11 is 0. The first kappa shape index (κ1) is 16.5. The van der Waals surface area contributed by atoms with Crippen molar-refractivity contribution >= 4 is 23.5 Å². The van der Waals surface area contributed by atoms with Gasteiger partial charge in [0.1, 0.15) is 6.04 Å². The lowest BCUT2D eigenvalue weighted by Gasteiger charge is -2.31. The Morgan fingerprint density at radius 3 is 2.67 bits per heavy atom. The van der Waals surface area contributed by atoms with E-state index in [0.717, 1.165) is 30.5 Å². The zero-order valence-electron chi connectivity index (χ0n) is 13.8. The second-order valence-electron chi connectivity index (χ2n) is 6.47. The number of anilines is 1. The summed E-state index contributed by atoms with van der Waals surface area (Å²) < 4.78 is 0. The molecule has 1 saturated carbocycles. The van der Waals surface area contributed by atoms with E-state index in [0.29, 0.717) is 13.0 Å². The lowest BCUT2D eigenvalue weighted by Crippen LogP contribution is -2.46. The second-order valence-corrected chi connectivity index (χ2v) is 6.47. The van der Waals surface area contributed by atoms with Gasteiger partial charge in [0.25, 0.3) is 0 Å². The van der Waals surface area contributed by atoms with Crippen molar-refractivity contribution in [2.24, 2.45) is 0 Å². The van der Waals surface area contributed by atoms with Gasteiger partial charge in [0.2, 0.25) is 11.8 Å². The molecule has 0 spiro atoms. The molecule has 1 aromatic rings. The van der Waals surface area contributed by atoms with Crippen molar-refractivity contribution in [2.75, 3.05) is 11.4 Å². The second kappa shape index (κ2) is 6.63. The maximum Gasteiger partial charge on any atom is 0.326 e. The topological polar surface area (TPSA) is 77.9 Å². The highest BCUT2D eigenvalue weighted by molar-refractivity contribution is 5.97. The van der Waals surface area contributed by atoms with Crippen LogP contribution in [0, 0.1) is 0 Å². The molecule has 6 nitrogen and oxygen atoms in total. The van der Waals surface area contributed by atoms with Crippen LogP contribution in [-0.4, -0.2) is 46.4 Å². The van der Waals surface area contributed by atoms with Gasteiger partial charge in [-0.15, -0.1) is 0 Å². The van der Waals surface area contributed by atoms with Gasteiger partial charge in [-0.1, -0.05) is 18.2 Å². The Bertz CT molecular complexity index is 669. The molecule has 1 unspecified atom stereocenters. The normalized spacial score (nSPS) is 18.0. The maximum absolute atomic E-state index is 12.6. The third-order valence-electron chi connectivity index (χ3n) is 4.74. The molecule has 1 aromatic carbocycles. The van der Waals surface area contributed by atoms with Crippen LogP contribution in [0.4, 0.5) is 5.69 Å². The third-order valence-corrected chi connectivity index (χ3v) is 4.74. The van der Waals surface area contributed by atoms with E-state index in [1.54, 1.807) is 11.8 Å². The third kappa shape index (κ3) is 3.27. The molecule has 24 heavy (non-hydrogen) atoms. The molecule has 1 atom stereocenters. The van der Waals surface area contributed by atoms with E-state index in [1.165, 1.54) is 4.90 Å². The molecule has 1 aliphatic carbocycles. The van der Waals surface area contributed by atoms with Crippen molar-refractivity contribution in [3.8, 4) is 0 Å². The smallest absolute Gasteiger partial charge is 0.326 e. The van der Waals surface area contributed by atoms with Crippen LogP contribution in [0.5, 0.6) is 0 Å². The number of hydrogen-bond acceptors (Lipinski definition) is 3. The van der Waals surface area contributed by atoms with Crippen molar-refractivity contribution in [1.29, 1.82) is 0 Å². The molecule has 128 valence electrons. The zero-order chi connectivity index (χ0) is 17.3. The van der Waals surface area contributed by atoms with Crippen molar-refractivity contribution in [3.05, 3.63) is 29.8 Å². The predicted octanol–water partition coefficient (Wildman–Crippen LogP) is 1.82. The largest absolute Gasteiger partial charge is 0.480 e. The van der Waals surface area contributed by atoms with Gasteiger partial charge in [0.05, 0.1) is 0 Å². The van der Waals surface area contributed by atoms with Gasteiger partial charge in [0.15, 0.2) is 0 Å². The van der Waals surface area contributed by atoms with Gasteiger partial charge in [-0.2, -0.15) is 0 Å². The fourth-order valence-corrected chi connectivity index (χ4v) is 3.29. The van der Waals surface area contributed by atoms with Crippen molar-refractivity contribution in [2.45, 2.75) is 51.1 Å². The quantitative estimate of drug-likeness (QED) is 0.863. The molecule has 1 fully saturated rings. The Hall–Kier alpha value is -2.37. The Balaban J connectivity index is 1.69. The summed E-state index contributed by atoms with van der Waals surface area (Å²) in [4.78, 5) is 39.2. The minimum absolute atomic E-state index is 0.0192. The molecule has 0 saturated heterocycles. The first-order chi connectivity index (χ1) is 11.5. The molecule has 6 heteroatoms. The predicted molar refractivity (Wildman–Crippen MR) is 88.7 cm³/mol. The summed E-state index contributed by atoms with van der Waals surface area (Å²) in [6, 6.07) is 6.94. The van der Waals surface area contributed by atoms with E-state index in [-0.39, 0.29) is 24.3 Å². The summed E-state index contributed by atoms with van der Waals surface area (Å²) in [7, 11) is 0. The molecule has 0 aromatic heterocycles. The standard InChI is InChI=1S/C18H22N2O4/c1-12(18(23)24)20(14-7-8-14)17(22)10-11-19-15-5-3-2-4-13(15)6-9-16(19)21/h2-5,12,14H,6-11H2,1H3,(H,23,24). The number of carboxylic acids is 1. The van der Waals surface area contributed by atoms with Crippen molar-refractivity contribution < 1.29 is 19.5 Å². The minimum Gasteiger partial charge on any atom is -0.480 e. The van der Waals surface area contributed by atoms with E-state index < -0.39 is 12.0 Å². The minimum atomic E-state index is -0.991. The fourth-order valence-electron chi connectivity index (χ4n) is 3.29. The molecule has 1 heterocycles. The van der Waals surface area contributed by atoms with Crippen LogP contribution in [0.15, 0.2) is 24.3 Å². The monoisotopic (exact) mass is 330 g/mol. The summed E-state index contributed by atoms with van der Waals surface area (Å²) in [5.74, 6) is -1.16. The van der Waals surface area contributed by atoms with Gasteiger partial charge in [-0.3, -0.25) is 9.59 Å². The lowest BCUT2D eigenvalue weighted by atomic mass is 10.0. The highest BCUT2D eigenvalue weighted by Crippen LogP contribution is 2.31. The maximum atomic E-state index is 12.6. The number of rotatable bonds is 6. The van der Waals surface area contributed by atoms with Gasteiger partial charge in [-0.25, -0.2) is 4.79 Å². The van der Waals surface area contributed by atoms with E-state index in [1.807, 2.05) is 24.3 Å².